The first-order valence-corrected chi connectivity index (χ1v) is 6.39. The molecule has 0 aliphatic heterocycles. The van der Waals surface area contributed by atoms with Crippen LogP contribution in [0.25, 0.3) is 0 Å². The predicted octanol–water partition coefficient (Wildman–Crippen LogP) is 2.42. The van der Waals surface area contributed by atoms with Crippen molar-refractivity contribution in [1.82, 2.24) is 5.32 Å². The fourth-order valence-electron chi connectivity index (χ4n) is 1.65. The summed E-state index contributed by atoms with van der Waals surface area (Å²) in [6.45, 7) is 7.09. The van der Waals surface area contributed by atoms with E-state index in [1.807, 2.05) is 24.3 Å². The molecular formula is C15H23NO2. The van der Waals surface area contributed by atoms with Crippen LogP contribution in [0, 0.1) is 0 Å². The van der Waals surface area contributed by atoms with Crippen molar-refractivity contribution in [2.45, 2.75) is 12.8 Å². The second kappa shape index (κ2) is 9.68. The molecule has 0 amide bonds. The van der Waals surface area contributed by atoms with Crippen LogP contribution >= 0.6 is 0 Å². The van der Waals surface area contributed by atoms with Crippen molar-refractivity contribution in [2.75, 3.05) is 33.4 Å². The standard InChI is InChI=1S/C15H23NO2/c1-3-7-14-8-4-5-9-15(14)18-12-6-10-16-11-13-17-2/h3-5,8-9,16H,1,6-7,10-13H2,2H3. The molecular weight excluding hydrogens is 226 g/mol. The van der Waals surface area contributed by atoms with Crippen LogP contribution in [0.4, 0.5) is 0 Å². The molecule has 1 rings (SSSR count). The molecule has 0 spiro atoms. The third-order valence-electron chi connectivity index (χ3n) is 2.58. The first-order valence-electron chi connectivity index (χ1n) is 6.39. The number of rotatable bonds is 10. The summed E-state index contributed by atoms with van der Waals surface area (Å²) in [6.07, 6.45) is 3.74. The van der Waals surface area contributed by atoms with Gasteiger partial charge >= 0.3 is 0 Å². The second-order valence-electron chi connectivity index (χ2n) is 4.05. The Bertz CT molecular complexity index is 339. The largest absolute Gasteiger partial charge is 0.493 e. The van der Waals surface area contributed by atoms with Crippen LogP contribution in [0.1, 0.15) is 12.0 Å². The van der Waals surface area contributed by atoms with E-state index >= 15 is 0 Å². The molecule has 0 bridgehead atoms. The van der Waals surface area contributed by atoms with Crippen LogP contribution in [-0.4, -0.2) is 33.4 Å². The quantitative estimate of drug-likeness (QED) is 0.510. The molecule has 0 fully saturated rings. The van der Waals surface area contributed by atoms with Gasteiger partial charge in [0.25, 0.3) is 0 Å². The topological polar surface area (TPSA) is 30.5 Å². The lowest BCUT2D eigenvalue weighted by atomic mass is 10.1. The molecule has 0 radical (unpaired) electrons. The van der Waals surface area contributed by atoms with Crippen molar-refractivity contribution in [2.24, 2.45) is 0 Å². The van der Waals surface area contributed by atoms with E-state index in [0.717, 1.165) is 44.9 Å². The Morgan fingerprint density at radius 1 is 1.22 bits per heavy atom. The van der Waals surface area contributed by atoms with Crippen molar-refractivity contribution in [3.63, 3.8) is 0 Å². The summed E-state index contributed by atoms with van der Waals surface area (Å²) >= 11 is 0. The Balaban J connectivity index is 2.20. The van der Waals surface area contributed by atoms with Gasteiger partial charge in [-0.3, -0.25) is 0 Å². The van der Waals surface area contributed by atoms with Gasteiger partial charge in [-0.15, -0.1) is 6.58 Å². The van der Waals surface area contributed by atoms with E-state index < -0.39 is 0 Å². The van der Waals surface area contributed by atoms with Gasteiger partial charge < -0.3 is 14.8 Å². The average Bonchev–Trinajstić information content (AvgIpc) is 2.40. The van der Waals surface area contributed by atoms with E-state index in [2.05, 4.69) is 18.0 Å². The number of benzene rings is 1. The minimum atomic E-state index is 0.730. The van der Waals surface area contributed by atoms with Crippen LogP contribution in [0.3, 0.4) is 0 Å². The van der Waals surface area contributed by atoms with E-state index in [1.54, 1.807) is 7.11 Å². The minimum absolute atomic E-state index is 0.730. The van der Waals surface area contributed by atoms with Gasteiger partial charge in [0, 0.05) is 13.7 Å². The first kappa shape index (κ1) is 14.7. The molecule has 0 aromatic heterocycles. The Morgan fingerprint density at radius 3 is 2.83 bits per heavy atom. The first-order chi connectivity index (χ1) is 8.88. The number of para-hydroxylation sites is 1. The SMILES string of the molecule is C=CCc1ccccc1OCCCNCCOC. The maximum absolute atomic E-state index is 5.78. The molecule has 0 aliphatic rings. The molecule has 3 heteroatoms. The van der Waals surface area contributed by atoms with Gasteiger partial charge in [0.1, 0.15) is 5.75 Å². The average molecular weight is 249 g/mol. The Morgan fingerprint density at radius 2 is 2.06 bits per heavy atom. The summed E-state index contributed by atoms with van der Waals surface area (Å²) in [5.74, 6) is 0.967. The highest BCUT2D eigenvalue weighted by Gasteiger charge is 2.00. The predicted molar refractivity (Wildman–Crippen MR) is 75.2 cm³/mol. The van der Waals surface area contributed by atoms with E-state index in [4.69, 9.17) is 9.47 Å². The van der Waals surface area contributed by atoms with Crippen molar-refractivity contribution in [3.05, 3.63) is 42.5 Å². The van der Waals surface area contributed by atoms with Gasteiger partial charge in [0.15, 0.2) is 0 Å². The van der Waals surface area contributed by atoms with Gasteiger partial charge in [-0.25, -0.2) is 0 Å². The summed E-state index contributed by atoms with van der Waals surface area (Å²) in [6, 6.07) is 8.11. The van der Waals surface area contributed by atoms with Crippen molar-refractivity contribution in [1.29, 1.82) is 0 Å². The molecule has 100 valence electrons. The van der Waals surface area contributed by atoms with Crippen LogP contribution in [-0.2, 0) is 11.2 Å². The van der Waals surface area contributed by atoms with Crippen LogP contribution in [0.5, 0.6) is 5.75 Å². The Labute approximate surface area is 110 Å². The molecule has 0 heterocycles. The minimum Gasteiger partial charge on any atom is -0.493 e. The van der Waals surface area contributed by atoms with Gasteiger partial charge in [-0.2, -0.15) is 0 Å². The lowest BCUT2D eigenvalue weighted by Gasteiger charge is -2.10. The van der Waals surface area contributed by atoms with Gasteiger partial charge in [0.2, 0.25) is 0 Å². The molecule has 0 aliphatic carbocycles. The number of allylic oxidation sites excluding steroid dienone is 1. The van der Waals surface area contributed by atoms with Crippen molar-refractivity contribution >= 4 is 0 Å². The number of ether oxygens (including phenoxy) is 2. The number of methoxy groups -OCH3 is 1. The Kier molecular flexibility index (Phi) is 7.93. The van der Waals surface area contributed by atoms with Gasteiger partial charge in [-0.05, 0) is 31.0 Å². The molecule has 1 aromatic carbocycles. The molecule has 18 heavy (non-hydrogen) atoms. The van der Waals surface area contributed by atoms with E-state index in [0.29, 0.717) is 0 Å². The van der Waals surface area contributed by atoms with E-state index in [-0.39, 0.29) is 0 Å². The van der Waals surface area contributed by atoms with Crippen LogP contribution < -0.4 is 10.1 Å². The maximum Gasteiger partial charge on any atom is 0.122 e. The lowest BCUT2D eigenvalue weighted by Crippen LogP contribution is -2.21. The third kappa shape index (κ3) is 5.84. The second-order valence-corrected chi connectivity index (χ2v) is 4.05. The fraction of sp³-hybridized carbons (Fsp3) is 0.467. The fourth-order valence-corrected chi connectivity index (χ4v) is 1.65. The highest BCUT2D eigenvalue weighted by atomic mass is 16.5. The molecule has 0 unspecified atom stereocenters. The highest BCUT2D eigenvalue weighted by Crippen LogP contribution is 2.18. The summed E-state index contributed by atoms with van der Waals surface area (Å²) in [4.78, 5) is 0. The smallest absolute Gasteiger partial charge is 0.122 e. The zero-order valence-corrected chi connectivity index (χ0v) is 11.2. The van der Waals surface area contributed by atoms with E-state index in [9.17, 15) is 0 Å². The van der Waals surface area contributed by atoms with E-state index in [1.165, 1.54) is 5.56 Å². The number of hydrogen-bond donors (Lipinski definition) is 1. The summed E-state index contributed by atoms with van der Waals surface area (Å²) in [7, 11) is 1.71. The number of hydrogen-bond acceptors (Lipinski definition) is 3. The summed E-state index contributed by atoms with van der Waals surface area (Å²) in [5.41, 5.74) is 1.19. The Hall–Kier alpha value is -1.32. The third-order valence-corrected chi connectivity index (χ3v) is 2.58. The molecule has 0 saturated carbocycles. The van der Waals surface area contributed by atoms with Crippen molar-refractivity contribution < 1.29 is 9.47 Å². The highest BCUT2D eigenvalue weighted by molar-refractivity contribution is 5.34. The van der Waals surface area contributed by atoms with Gasteiger partial charge in [0.05, 0.1) is 13.2 Å². The normalized spacial score (nSPS) is 10.3. The molecule has 1 aromatic rings. The summed E-state index contributed by atoms with van der Waals surface area (Å²) in [5, 5.41) is 3.29. The van der Waals surface area contributed by atoms with Crippen LogP contribution in [0.2, 0.25) is 0 Å². The lowest BCUT2D eigenvalue weighted by molar-refractivity contribution is 0.198. The maximum atomic E-state index is 5.78. The molecule has 3 nitrogen and oxygen atoms in total. The summed E-state index contributed by atoms with van der Waals surface area (Å²) < 4.78 is 10.7. The molecule has 0 saturated heterocycles. The zero-order valence-electron chi connectivity index (χ0n) is 11.2. The molecule has 1 N–H and O–H groups in total. The monoisotopic (exact) mass is 249 g/mol. The van der Waals surface area contributed by atoms with Crippen LogP contribution in [0.15, 0.2) is 36.9 Å². The zero-order chi connectivity index (χ0) is 13.1. The van der Waals surface area contributed by atoms with Gasteiger partial charge in [-0.1, -0.05) is 24.3 Å². The number of nitrogens with one attached hydrogen (secondary N) is 1. The van der Waals surface area contributed by atoms with Crippen molar-refractivity contribution in [3.8, 4) is 5.75 Å². The molecule has 0 atom stereocenters.